The van der Waals surface area contributed by atoms with Gasteiger partial charge in [-0.05, 0) is 44.2 Å². The van der Waals surface area contributed by atoms with Crippen LogP contribution in [0, 0.1) is 0 Å². The lowest BCUT2D eigenvalue weighted by Crippen LogP contribution is -2.31. The number of rotatable bonds is 8. The summed E-state index contributed by atoms with van der Waals surface area (Å²) in [7, 11) is 0. The number of amides is 1. The summed E-state index contributed by atoms with van der Waals surface area (Å²) in [4.78, 5) is 11.5. The molecule has 0 fully saturated rings. The van der Waals surface area contributed by atoms with Crippen LogP contribution < -0.4 is 15.4 Å². The van der Waals surface area contributed by atoms with Crippen molar-refractivity contribution in [1.29, 1.82) is 0 Å². The summed E-state index contributed by atoms with van der Waals surface area (Å²) in [5.41, 5.74) is 1.15. The van der Waals surface area contributed by atoms with E-state index < -0.39 is 0 Å². The fourth-order valence-electron chi connectivity index (χ4n) is 1.69. The van der Waals surface area contributed by atoms with Crippen molar-refractivity contribution < 1.29 is 9.53 Å². The summed E-state index contributed by atoms with van der Waals surface area (Å²) in [5.74, 6) is 0.809. The Hall–Kier alpha value is -1.07. The van der Waals surface area contributed by atoms with Crippen LogP contribution in [0.15, 0.2) is 22.7 Å². The van der Waals surface area contributed by atoms with Gasteiger partial charge in [0, 0.05) is 17.1 Å². The van der Waals surface area contributed by atoms with E-state index >= 15 is 0 Å². The largest absolute Gasteiger partial charge is 0.493 e. The molecule has 0 saturated carbocycles. The average molecular weight is 343 g/mol. The Balaban J connectivity index is 2.45. The second kappa shape index (κ2) is 8.97. The fraction of sp³-hybridized carbons (Fsp3) is 0.533. The number of nitrogens with one attached hydrogen (secondary N) is 2. The molecular formula is C15H23BrN2O2. The van der Waals surface area contributed by atoms with E-state index in [0.29, 0.717) is 13.0 Å². The number of carbonyl (C=O) groups is 1. The van der Waals surface area contributed by atoms with Crippen molar-refractivity contribution >= 4 is 21.8 Å². The van der Waals surface area contributed by atoms with Crippen molar-refractivity contribution in [3.63, 3.8) is 0 Å². The molecule has 1 aromatic rings. The summed E-state index contributed by atoms with van der Waals surface area (Å²) in [6.45, 7) is 8.07. The molecule has 20 heavy (non-hydrogen) atoms. The number of ether oxygens (including phenoxy) is 1. The maximum atomic E-state index is 11.5. The summed E-state index contributed by atoms with van der Waals surface area (Å²) in [6.07, 6.45) is 0.372. The van der Waals surface area contributed by atoms with Crippen molar-refractivity contribution in [2.24, 2.45) is 0 Å². The molecule has 0 bridgehead atoms. The number of benzene rings is 1. The van der Waals surface area contributed by atoms with E-state index in [-0.39, 0.29) is 11.9 Å². The zero-order chi connectivity index (χ0) is 15.0. The second-order valence-electron chi connectivity index (χ2n) is 4.85. The standard InChI is InChI=1S/C15H23BrN2O2/c1-4-17-10-12-9-13(5-6-14(12)16)20-8-7-15(19)18-11(2)3/h5-6,9,11,17H,4,7-8,10H2,1-3H3,(H,18,19). The molecule has 0 aliphatic rings. The minimum absolute atomic E-state index is 0.0185. The molecule has 5 heteroatoms. The summed E-state index contributed by atoms with van der Waals surface area (Å²) < 4.78 is 6.68. The first-order chi connectivity index (χ1) is 9.52. The maximum Gasteiger partial charge on any atom is 0.223 e. The first kappa shape index (κ1) is 17.0. The third-order valence-corrected chi connectivity index (χ3v) is 3.40. The van der Waals surface area contributed by atoms with Crippen LogP contribution in [0.25, 0.3) is 0 Å². The summed E-state index contributed by atoms with van der Waals surface area (Å²) in [6, 6.07) is 6.03. The van der Waals surface area contributed by atoms with E-state index in [0.717, 1.165) is 28.9 Å². The van der Waals surface area contributed by atoms with Crippen LogP contribution in [0.2, 0.25) is 0 Å². The lowest BCUT2D eigenvalue weighted by atomic mass is 10.2. The van der Waals surface area contributed by atoms with Crippen molar-refractivity contribution in [1.82, 2.24) is 10.6 Å². The van der Waals surface area contributed by atoms with Gasteiger partial charge >= 0.3 is 0 Å². The number of carbonyl (C=O) groups excluding carboxylic acids is 1. The molecule has 1 aromatic carbocycles. The van der Waals surface area contributed by atoms with Gasteiger partial charge in [-0.2, -0.15) is 0 Å². The Kier molecular flexibility index (Phi) is 7.62. The highest BCUT2D eigenvalue weighted by atomic mass is 79.9. The van der Waals surface area contributed by atoms with Crippen molar-refractivity contribution in [2.75, 3.05) is 13.2 Å². The van der Waals surface area contributed by atoms with E-state index in [4.69, 9.17) is 4.74 Å². The number of hydrogen-bond donors (Lipinski definition) is 2. The van der Waals surface area contributed by atoms with Crippen LogP contribution in [-0.4, -0.2) is 25.1 Å². The SMILES string of the molecule is CCNCc1cc(OCCC(=O)NC(C)C)ccc1Br. The van der Waals surface area contributed by atoms with Crippen LogP contribution in [0.3, 0.4) is 0 Å². The van der Waals surface area contributed by atoms with E-state index in [9.17, 15) is 4.79 Å². The lowest BCUT2D eigenvalue weighted by molar-refractivity contribution is -0.122. The number of hydrogen-bond acceptors (Lipinski definition) is 3. The van der Waals surface area contributed by atoms with Gasteiger partial charge in [0.05, 0.1) is 13.0 Å². The van der Waals surface area contributed by atoms with Crippen LogP contribution in [0.4, 0.5) is 0 Å². The van der Waals surface area contributed by atoms with Gasteiger partial charge in [-0.1, -0.05) is 22.9 Å². The Morgan fingerprint density at radius 2 is 2.15 bits per heavy atom. The van der Waals surface area contributed by atoms with Gasteiger partial charge in [-0.3, -0.25) is 4.79 Å². The van der Waals surface area contributed by atoms with Gasteiger partial charge in [-0.25, -0.2) is 0 Å². The fourth-order valence-corrected chi connectivity index (χ4v) is 2.08. The molecule has 0 atom stereocenters. The topological polar surface area (TPSA) is 50.4 Å². The zero-order valence-electron chi connectivity index (χ0n) is 12.3. The van der Waals surface area contributed by atoms with Crippen molar-refractivity contribution in [3.05, 3.63) is 28.2 Å². The minimum atomic E-state index is 0.0185. The molecule has 2 N–H and O–H groups in total. The quantitative estimate of drug-likeness (QED) is 0.763. The molecule has 0 aromatic heterocycles. The van der Waals surface area contributed by atoms with Gasteiger partial charge in [-0.15, -0.1) is 0 Å². The van der Waals surface area contributed by atoms with E-state index in [1.54, 1.807) is 0 Å². The van der Waals surface area contributed by atoms with E-state index in [2.05, 4.69) is 33.5 Å². The smallest absolute Gasteiger partial charge is 0.223 e. The predicted octanol–water partition coefficient (Wildman–Crippen LogP) is 2.85. The molecule has 0 spiro atoms. The Morgan fingerprint density at radius 3 is 2.80 bits per heavy atom. The average Bonchev–Trinajstić information content (AvgIpc) is 2.38. The van der Waals surface area contributed by atoms with Gasteiger partial charge in [0.15, 0.2) is 0 Å². The third-order valence-electron chi connectivity index (χ3n) is 2.63. The first-order valence-electron chi connectivity index (χ1n) is 6.94. The maximum absolute atomic E-state index is 11.5. The highest BCUT2D eigenvalue weighted by Gasteiger charge is 2.05. The highest BCUT2D eigenvalue weighted by molar-refractivity contribution is 9.10. The van der Waals surface area contributed by atoms with Crippen LogP contribution in [0.5, 0.6) is 5.75 Å². The molecule has 0 unspecified atom stereocenters. The van der Waals surface area contributed by atoms with Crippen LogP contribution in [-0.2, 0) is 11.3 Å². The van der Waals surface area contributed by atoms with Crippen molar-refractivity contribution in [3.8, 4) is 5.75 Å². The number of halogens is 1. The van der Waals surface area contributed by atoms with Gasteiger partial charge in [0.2, 0.25) is 5.91 Å². The lowest BCUT2D eigenvalue weighted by Gasteiger charge is -2.11. The Morgan fingerprint density at radius 1 is 1.40 bits per heavy atom. The summed E-state index contributed by atoms with van der Waals surface area (Å²) >= 11 is 3.52. The molecule has 0 radical (unpaired) electrons. The Labute approximate surface area is 129 Å². The molecule has 4 nitrogen and oxygen atoms in total. The third kappa shape index (κ3) is 6.39. The molecule has 0 aliphatic heterocycles. The van der Waals surface area contributed by atoms with Crippen molar-refractivity contribution in [2.45, 2.75) is 39.8 Å². The summed E-state index contributed by atoms with van der Waals surface area (Å²) in [5, 5.41) is 6.12. The molecule has 112 valence electrons. The molecule has 1 rings (SSSR count). The van der Waals surface area contributed by atoms with Crippen LogP contribution in [0.1, 0.15) is 32.8 Å². The minimum Gasteiger partial charge on any atom is -0.493 e. The van der Waals surface area contributed by atoms with E-state index in [1.807, 2.05) is 32.0 Å². The van der Waals surface area contributed by atoms with Gasteiger partial charge in [0.1, 0.15) is 5.75 Å². The highest BCUT2D eigenvalue weighted by Crippen LogP contribution is 2.22. The monoisotopic (exact) mass is 342 g/mol. The molecule has 1 amide bonds. The molecular weight excluding hydrogens is 320 g/mol. The molecule has 0 saturated heterocycles. The molecule has 0 aliphatic carbocycles. The zero-order valence-corrected chi connectivity index (χ0v) is 13.9. The second-order valence-corrected chi connectivity index (χ2v) is 5.71. The van der Waals surface area contributed by atoms with Gasteiger partial charge in [0.25, 0.3) is 0 Å². The first-order valence-corrected chi connectivity index (χ1v) is 7.73. The Bertz CT molecular complexity index is 436. The van der Waals surface area contributed by atoms with E-state index in [1.165, 1.54) is 0 Å². The van der Waals surface area contributed by atoms with Crippen LogP contribution >= 0.6 is 15.9 Å². The molecule has 0 heterocycles. The normalized spacial score (nSPS) is 10.7. The predicted molar refractivity (Wildman–Crippen MR) is 84.9 cm³/mol. The van der Waals surface area contributed by atoms with Gasteiger partial charge < -0.3 is 15.4 Å².